The van der Waals surface area contributed by atoms with Gasteiger partial charge in [0.25, 0.3) is 0 Å². The van der Waals surface area contributed by atoms with Crippen molar-refractivity contribution in [2.24, 2.45) is 5.92 Å². The van der Waals surface area contributed by atoms with Crippen LogP contribution in [0.4, 0.5) is 0 Å². The standard InChI is InChI=1S/C10H16N2S2/c1-7-4-13-6-10(7,11-3)9-12-8(2)5-14-9/h5,7,11H,4,6H2,1-3H3. The summed E-state index contributed by atoms with van der Waals surface area (Å²) in [6.07, 6.45) is 0. The van der Waals surface area contributed by atoms with Crippen LogP contribution in [0.25, 0.3) is 0 Å². The van der Waals surface area contributed by atoms with Gasteiger partial charge in [-0.2, -0.15) is 11.8 Å². The number of aryl methyl sites for hydroxylation is 1. The lowest BCUT2D eigenvalue weighted by atomic mass is 9.89. The summed E-state index contributed by atoms with van der Waals surface area (Å²) < 4.78 is 0. The molecule has 1 saturated heterocycles. The van der Waals surface area contributed by atoms with E-state index in [0.29, 0.717) is 5.92 Å². The zero-order chi connectivity index (χ0) is 10.2. The summed E-state index contributed by atoms with van der Waals surface area (Å²) in [7, 11) is 2.05. The Morgan fingerprint density at radius 2 is 2.43 bits per heavy atom. The summed E-state index contributed by atoms with van der Waals surface area (Å²) in [5.41, 5.74) is 1.27. The predicted octanol–water partition coefficient (Wildman–Crippen LogP) is 2.25. The maximum Gasteiger partial charge on any atom is 0.114 e. The van der Waals surface area contributed by atoms with Crippen molar-refractivity contribution in [2.75, 3.05) is 18.6 Å². The van der Waals surface area contributed by atoms with Crippen LogP contribution < -0.4 is 5.32 Å². The summed E-state index contributed by atoms with van der Waals surface area (Å²) >= 11 is 3.81. The Kier molecular flexibility index (Phi) is 2.86. The maximum atomic E-state index is 4.63. The van der Waals surface area contributed by atoms with Crippen molar-refractivity contribution in [3.05, 3.63) is 16.1 Å². The summed E-state index contributed by atoms with van der Waals surface area (Å²) in [5, 5.41) is 6.89. The summed E-state index contributed by atoms with van der Waals surface area (Å²) in [4.78, 5) is 4.63. The van der Waals surface area contributed by atoms with Gasteiger partial charge in [-0.15, -0.1) is 11.3 Å². The smallest absolute Gasteiger partial charge is 0.114 e. The third-order valence-corrected chi connectivity index (χ3v) is 5.52. The van der Waals surface area contributed by atoms with Gasteiger partial charge in [0.1, 0.15) is 5.01 Å². The second-order valence-corrected chi connectivity index (χ2v) is 5.82. The minimum Gasteiger partial charge on any atom is -0.308 e. The molecule has 1 aromatic rings. The summed E-state index contributed by atoms with van der Waals surface area (Å²) in [6, 6.07) is 0. The Bertz CT molecular complexity index is 324. The van der Waals surface area contributed by atoms with Crippen molar-refractivity contribution < 1.29 is 0 Å². The summed E-state index contributed by atoms with van der Waals surface area (Å²) in [5.74, 6) is 3.06. The molecule has 78 valence electrons. The van der Waals surface area contributed by atoms with E-state index in [4.69, 9.17) is 0 Å². The molecule has 0 aliphatic carbocycles. The van der Waals surface area contributed by atoms with Crippen LogP contribution >= 0.6 is 23.1 Å². The number of hydrogen-bond donors (Lipinski definition) is 1. The zero-order valence-corrected chi connectivity index (χ0v) is 10.5. The van der Waals surface area contributed by atoms with Gasteiger partial charge in [0.15, 0.2) is 0 Å². The van der Waals surface area contributed by atoms with Gasteiger partial charge in [0.2, 0.25) is 0 Å². The molecule has 1 aliphatic heterocycles. The fraction of sp³-hybridized carbons (Fsp3) is 0.700. The quantitative estimate of drug-likeness (QED) is 0.840. The van der Waals surface area contributed by atoms with E-state index in [1.165, 1.54) is 10.8 Å². The molecule has 14 heavy (non-hydrogen) atoms. The van der Waals surface area contributed by atoms with Gasteiger partial charge in [-0.25, -0.2) is 4.98 Å². The van der Waals surface area contributed by atoms with Crippen LogP contribution in [0.3, 0.4) is 0 Å². The number of aromatic nitrogens is 1. The monoisotopic (exact) mass is 228 g/mol. The number of nitrogens with zero attached hydrogens (tertiary/aromatic N) is 1. The van der Waals surface area contributed by atoms with E-state index >= 15 is 0 Å². The van der Waals surface area contributed by atoms with Crippen molar-refractivity contribution in [2.45, 2.75) is 19.4 Å². The average Bonchev–Trinajstić information content (AvgIpc) is 2.73. The number of rotatable bonds is 2. The lowest BCUT2D eigenvalue weighted by Gasteiger charge is -2.30. The van der Waals surface area contributed by atoms with Crippen LogP contribution in [-0.2, 0) is 5.54 Å². The Labute approximate surface area is 93.5 Å². The molecule has 4 heteroatoms. The molecule has 0 spiro atoms. The van der Waals surface area contributed by atoms with Crippen LogP contribution in [-0.4, -0.2) is 23.5 Å². The number of thioether (sulfide) groups is 1. The average molecular weight is 228 g/mol. The van der Waals surface area contributed by atoms with Gasteiger partial charge in [-0.1, -0.05) is 6.92 Å². The van der Waals surface area contributed by atoms with Gasteiger partial charge in [0, 0.05) is 16.8 Å². The largest absolute Gasteiger partial charge is 0.308 e. The third-order valence-electron chi connectivity index (χ3n) is 2.99. The SMILES string of the molecule is CNC1(c2nc(C)cs2)CSCC1C. The van der Waals surface area contributed by atoms with E-state index < -0.39 is 0 Å². The first-order valence-electron chi connectivity index (χ1n) is 4.88. The van der Waals surface area contributed by atoms with Gasteiger partial charge in [0.05, 0.1) is 5.54 Å². The first-order valence-corrected chi connectivity index (χ1v) is 6.92. The zero-order valence-electron chi connectivity index (χ0n) is 8.83. The molecule has 0 radical (unpaired) electrons. The molecular weight excluding hydrogens is 212 g/mol. The second kappa shape index (κ2) is 3.83. The number of thiazole rings is 1. The van der Waals surface area contributed by atoms with Crippen LogP contribution in [0.15, 0.2) is 5.38 Å². The molecule has 0 amide bonds. The molecular formula is C10H16N2S2. The van der Waals surface area contributed by atoms with E-state index in [9.17, 15) is 0 Å². The number of hydrogen-bond acceptors (Lipinski definition) is 4. The van der Waals surface area contributed by atoms with Crippen LogP contribution in [0.5, 0.6) is 0 Å². The van der Waals surface area contributed by atoms with Crippen molar-refractivity contribution in [3.8, 4) is 0 Å². The molecule has 2 heterocycles. The first-order chi connectivity index (χ1) is 6.69. The highest BCUT2D eigenvalue weighted by Crippen LogP contribution is 2.42. The van der Waals surface area contributed by atoms with Gasteiger partial charge in [-0.3, -0.25) is 0 Å². The van der Waals surface area contributed by atoms with Crippen molar-refractivity contribution in [1.82, 2.24) is 10.3 Å². The van der Waals surface area contributed by atoms with Crippen LogP contribution in [0, 0.1) is 12.8 Å². The van der Waals surface area contributed by atoms with E-state index in [-0.39, 0.29) is 5.54 Å². The molecule has 0 bridgehead atoms. The normalized spacial score (nSPS) is 32.4. The molecule has 1 aliphatic rings. The van der Waals surface area contributed by atoms with Gasteiger partial charge in [-0.05, 0) is 25.6 Å². The molecule has 2 rings (SSSR count). The van der Waals surface area contributed by atoms with E-state index in [2.05, 4.69) is 36.6 Å². The highest BCUT2D eigenvalue weighted by molar-refractivity contribution is 7.99. The molecule has 1 N–H and O–H groups in total. The van der Waals surface area contributed by atoms with Crippen molar-refractivity contribution in [1.29, 1.82) is 0 Å². The lowest BCUT2D eigenvalue weighted by Crippen LogP contribution is -2.45. The first kappa shape index (κ1) is 10.5. The minimum atomic E-state index is 0.129. The second-order valence-electron chi connectivity index (χ2n) is 3.93. The number of nitrogens with one attached hydrogen (secondary N) is 1. The Morgan fingerprint density at radius 1 is 1.64 bits per heavy atom. The Balaban J connectivity index is 2.37. The van der Waals surface area contributed by atoms with E-state index in [1.54, 1.807) is 11.3 Å². The van der Waals surface area contributed by atoms with Crippen molar-refractivity contribution in [3.63, 3.8) is 0 Å². The van der Waals surface area contributed by atoms with Gasteiger partial charge < -0.3 is 5.32 Å². The fourth-order valence-corrected chi connectivity index (χ4v) is 4.79. The Morgan fingerprint density at radius 3 is 2.86 bits per heavy atom. The molecule has 2 nitrogen and oxygen atoms in total. The Hall–Kier alpha value is -0.0600. The molecule has 2 unspecified atom stereocenters. The maximum absolute atomic E-state index is 4.63. The molecule has 1 fully saturated rings. The highest BCUT2D eigenvalue weighted by Gasteiger charge is 2.43. The molecule has 2 atom stereocenters. The summed E-state index contributed by atoms with van der Waals surface area (Å²) in [6.45, 7) is 4.38. The topological polar surface area (TPSA) is 24.9 Å². The van der Waals surface area contributed by atoms with Crippen molar-refractivity contribution >= 4 is 23.1 Å². The van der Waals surface area contributed by atoms with Crippen LogP contribution in [0.1, 0.15) is 17.6 Å². The third kappa shape index (κ3) is 1.49. The molecule has 1 aromatic heterocycles. The highest BCUT2D eigenvalue weighted by atomic mass is 32.2. The predicted molar refractivity (Wildman–Crippen MR) is 64.1 cm³/mol. The molecule has 0 aromatic carbocycles. The van der Waals surface area contributed by atoms with E-state index in [0.717, 1.165) is 11.4 Å². The van der Waals surface area contributed by atoms with Crippen LogP contribution in [0.2, 0.25) is 0 Å². The molecule has 0 saturated carbocycles. The minimum absolute atomic E-state index is 0.129. The fourth-order valence-electron chi connectivity index (χ4n) is 1.94. The lowest BCUT2D eigenvalue weighted by molar-refractivity contribution is 0.312. The van der Waals surface area contributed by atoms with E-state index in [1.807, 2.05) is 11.8 Å². The van der Waals surface area contributed by atoms with Gasteiger partial charge >= 0.3 is 0 Å².